The SMILES string of the molecule is FC(F)c1ccc2c(SNc3cnn(C(F)(F)F)c3Cl)c[nH]c2c1. The number of hydrogen-bond donors (Lipinski definition) is 2. The lowest BCUT2D eigenvalue weighted by Crippen LogP contribution is -2.18. The van der Waals surface area contributed by atoms with Crippen LogP contribution in [0, 0.1) is 0 Å². The van der Waals surface area contributed by atoms with Gasteiger partial charge in [-0.1, -0.05) is 23.7 Å². The maximum atomic E-state index is 12.7. The molecule has 0 unspecified atom stereocenters. The van der Waals surface area contributed by atoms with E-state index in [-0.39, 0.29) is 15.9 Å². The van der Waals surface area contributed by atoms with Crippen molar-refractivity contribution in [1.82, 2.24) is 14.8 Å². The number of anilines is 1. The number of benzene rings is 1. The lowest BCUT2D eigenvalue weighted by Gasteiger charge is -2.07. The molecule has 11 heteroatoms. The number of alkyl halides is 5. The van der Waals surface area contributed by atoms with Gasteiger partial charge in [-0.05, 0) is 18.0 Å². The molecule has 128 valence electrons. The molecule has 2 aromatic heterocycles. The lowest BCUT2D eigenvalue weighted by molar-refractivity contribution is -0.212. The fourth-order valence-corrected chi connectivity index (χ4v) is 3.09. The standard InChI is InChI=1S/C13H8ClF5N4S/c14-11-9(4-21-23(11)13(17,18)19)22-24-10-5-20-8-3-6(12(15)16)1-2-7(8)10/h1-5,12,20,22H. The molecule has 0 saturated heterocycles. The quantitative estimate of drug-likeness (QED) is 0.459. The Morgan fingerprint density at radius 3 is 2.67 bits per heavy atom. The Morgan fingerprint density at radius 1 is 1.29 bits per heavy atom. The molecule has 2 heterocycles. The molecule has 0 fully saturated rings. The van der Waals surface area contributed by atoms with E-state index in [2.05, 4.69) is 14.8 Å². The molecule has 4 nitrogen and oxygen atoms in total. The third-order valence-electron chi connectivity index (χ3n) is 3.14. The number of fused-ring (bicyclic) bond motifs is 1. The summed E-state index contributed by atoms with van der Waals surface area (Å²) < 4.78 is 65.5. The van der Waals surface area contributed by atoms with Crippen LogP contribution in [0.2, 0.25) is 5.15 Å². The van der Waals surface area contributed by atoms with Crippen LogP contribution in [0.15, 0.2) is 35.5 Å². The monoisotopic (exact) mass is 382 g/mol. The van der Waals surface area contributed by atoms with E-state index < -0.39 is 17.9 Å². The topological polar surface area (TPSA) is 45.6 Å². The van der Waals surface area contributed by atoms with E-state index in [4.69, 9.17) is 11.6 Å². The van der Waals surface area contributed by atoms with Crippen LogP contribution in [0.1, 0.15) is 12.0 Å². The van der Waals surface area contributed by atoms with Gasteiger partial charge >= 0.3 is 6.30 Å². The van der Waals surface area contributed by atoms with Crippen molar-refractivity contribution in [3.05, 3.63) is 41.3 Å². The molecule has 1 aromatic carbocycles. The molecular formula is C13H8ClF5N4S. The average molecular weight is 383 g/mol. The normalized spacial score (nSPS) is 12.3. The highest BCUT2D eigenvalue weighted by Gasteiger charge is 2.35. The number of hydrogen-bond acceptors (Lipinski definition) is 3. The van der Waals surface area contributed by atoms with Crippen molar-refractivity contribution >= 4 is 40.1 Å². The second kappa shape index (κ2) is 6.17. The minimum Gasteiger partial charge on any atom is -0.360 e. The van der Waals surface area contributed by atoms with Crippen molar-refractivity contribution in [2.45, 2.75) is 17.6 Å². The molecule has 3 rings (SSSR count). The maximum Gasteiger partial charge on any atom is 0.505 e. The van der Waals surface area contributed by atoms with Crippen LogP contribution in [-0.4, -0.2) is 14.8 Å². The fraction of sp³-hybridized carbons (Fsp3) is 0.154. The fourth-order valence-electron chi connectivity index (χ4n) is 2.03. The van der Waals surface area contributed by atoms with Crippen LogP contribution in [0.5, 0.6) is 0 Å². The molecule has 0 amide bonds. The van der Waals surface area contributed by atoms with Crippen LogP contribution in [-0.2, 0) is 6.30 Å². The summed E-state index contributed by atoms with van der Waals surface area (Å²) in [5.74, 6) is 0. The first-order valence-electron chi connectivity index (χ1n) is 6.40. The average Bonchev–Trinajstić information content (AvgIpc) is 3.07. The molecule has 0 aliphatic heterocycles. The largest absolute Gasteiger partial charge is 0.505 e. The zero-order chi connectivity index (χ0) is 17.5. The minimum absolute atomic E-state index is 0.0162. The highest BCUT2D eigenvalue weighted by Crippen LogP contribution is 2.35. The number of H-pyrrole nitrogens is 1. The van der Waals surface area contributed by atoms with E-state index in [9.17, 15) is 22.0 Å². The van der Waals surface area contributed by atoms with Crippen molar-refractivity contribution in [2.75, 3.05) is 4.72 Å². The van der Waals surface area contributed by atoms with Gasteiger partial charge in [-0.3, -0.25) is 0 Å². The third kappa shape index (κ3) is 3.16. The summed E-state index contributed by atoms with van der Waals surface area (Å²) in [5.41, 5.74) is 0.357. The van der Waals surface area contributed by atoms with Crippen molar-refractivity contribution in [3.8, 4) is 0 Å². The first kappa shape index (κ1) is 16.9. The summed E-state index contributed by atoms with van der Waals surface area (Å²) in [6.45, 7) is 0. The smallest absolute Gasteiger partial charge is 0.360 e. The zero-order valence-electron chi connectivity index (χ0n) is 11.5. The van der Waals surface area contributed by atoms with E-state index in [1.807, 2.05) is 0 Å². The summed E-state index contributed by atoms with van der Waals surface area (Å²) in [4.78, 5) is 3.45. The van der Waals surface area contributed by atoms with Crippen LogP contribution >= 0.6 is 23.5 Å². The molecular weight excluding hydrogens is 375 g/mol. The van der Waals surface area contributed by atoms with Gasteiger partial charge in [0, 0.05) is 22.7 Å². The molecule has 2 N–H and O–H groups in total. The van der Waals surface area contributed by atoms with Crippen LogP contribution in [0.4, 0.5) is 27.6 Å². The molecule has 0 saturated carbocycles. The van der Waals surface area contributed by atoms with Gasteiger partial charge in [-0.2, -0.15) is 9.78 Å². The Balaban J connectivity index is 1.80. The molecule has 24 heavy (non-hydrogen) atoms. The van der Waals surface area contributed by atoms with E-state index >= 15 is 0 Å². The first-order chi connectivity index (χ1) is 11.3. The Labute approximate surface area is 141 Å². The summed E-state index contributed by atoms with van der Waals surface area (Å²) in [5, 5.41) is 3.22. The van der Waals surface area contributed by atoms with Crippen molar-refractivity contribution in [3.63, 3.8) is 0 Å². The maximum absolute atomic E-state index is 12.7. The van der Waals surface area contributed by atoms with Crippen molar-refractivity contribution in [1.29, 1.82) is 0 Å². The number of halogens is 6. The van der Waals surface area contributed by atoms with E-state index in [0.29, 0.717) is 15.8 Å². The summed E-state index contributed by atoms with van der Waals surface area (Å²) in [6.07, 6.45) is -4.79. The molecule has 0 spiro atoms. The van der Waals surface area contributed by atoms with Gasteiger partial charge in [0.2, 0.25) is 0 Å². The second-order valence-electron chi connectivity index (χ2n) is 4.69. The number of rotatable bonds is 4. The first-order valence-corrected chi connectivity index (χ1v) is 7.59. The van der Waals surface area contributed by atoms with E-state index in [1.54, 1.807) is 6.20 Å². The third-order valence-corrected chi connectivity index (χ3v) is 4.38. The van der Waals surface area contributed by atoms with Crippen molar-refractivity contribution < 1.29 is 22.0 Å². The van der Waals surface area contributed by atoms with Gasteiger partial charge in [0.15, 0.2) is 5.15 Å². The molecule has 0 aliphatic carbocycles. The van der Waals surface area contributed by atoms with Crippen molar-refractivity contribution in [2.24, 2.45) is 0 Å². The number of aromatic nitrogens is 3. The Bertz CT molecular complexity index is 873. The van der Waals surface area contributed by atoms with Gasteiger partial charge in [-0.15, -0.1) is 13.2 Å². The van der Waals surface area contributed by atoms with Crippen LogP contribution < -0.4 is 4.72 Å². The summed E-state index contributed by atoms with van der Waals surface area (Å²) in [6, 6.07) is 4.12. The Hall–Kier alpha value is -1.94. The zero-order valence-corrected chi connectivity index (χ0v) is 13.1. The highest BCUT2D eigenvalue weighted by atomic mass is 35.5. The predicted octanol–water partition coefficient (Wildman–Crippen LogP) is 5.55. The summed E-state index contributed by atoms with van der Waals surface area (Å²) >= 11 is 6.62. The van der Waals surface area contributed by atoms with Gasteiger partial charge in [-0.25, -0.2) is 8.78 Å². The number of nitrogens with zero attached hydrogens (tertiary/aromatic N) is 2. The number of nitrogens with one attached hydrogen (secondary N) is 2. The highest BCUT2D eigenvalue weighted by molar-refractivity contribution is 8.00. The second-order valence-corrected chi connectivity index (χ2v) is 5.90. The van der Waals surface area contributed by atoms with Crippen LogP contribution in [0.3, 0.4) is 0 Å². The number of aromatic amines is 1. The Morgan fingerprint density at radius 2 is 2.04 bits per heavy atom. The van der Waals surface area contributed by atoms with Gasteiger partial charge < -0.3 is 9.71 Å². The minimum atomic E-state index is -4.71. The molecule has 0 bridgehead atoms. The molecule has 3 aromatic rings. The lowest BCUT2D eigenvalue weighted by atomic mass is 10.2. The Kier molecular flexibility index (Phi) is 4.35. The molecule has 0 radical (unpaired) electrons. The van der Waals surface area contributed by atoms with Gasteiger partial charge in [0.1, 0.15) is 5.69 Å². The van der Waals surface area contributed by atoms with Gasteiger partial charge in [0.05, 0.1) is 11.1 Å². The predicted molar refractivity (Wildman–Crippen MR) is 81.3 cm³/mol. The van der Waals surface area contributed by atoms with E-state index in [1.165, 1.54) is 18.2 Å². The van der Waals surface area contributed by atoms with Gasteiger partial charge in [0.25, 0.3) is 6.43 Å². The van der Waals surface area contributed by atoms with Crippen LogP contribution in [0.25, 0.3) is 10.9 Å². The molecule has 0 atom stereocenters. The molecule has 0 aliphatic rings. The van der Waals surface area contributed by atoms with E-state index in [0.717, 1.165) is 18.1 Å². The summed E-state index contributed by atoms with van der Waals surface area (Å²) in [7, 11) is 0.